The minimum absolute atomic E-state index is 0.0300. The largest absolute Gasteiger partial charge is 0.394 e. The Bertz CT molecular complexity index is 553. The molecule has 2 heterocycles. The normalized spacial score (nSPS) is 34.7. The molecule has 1 aliphatic rings. The highest BCUT2D eigenvalue weighted by Crippen LogP contribution is 2.36. The summed E-state index contributed by atoms with van der Waals surface area (Å²) in [6, 6.07) is 0. The maximum atomic E-state index is 14.5. The van der Waals surface area contributed by atoms with Crippen LogP contribution in [0.1, 0.15) is 0 Å². The number of anilines is 1. The SMILES string of the molecule is Nc1nc(=O)n([C@]2(F)O[C@H](CO)[C@@H](O)[C@H]2O)cc1F. The summed E-state index contributed by atoms with van der Waals surface area (Å²) in [5.74, 6) is -5.18. The van der Waals surface area contributed by atoms with Crippen molar-refractivity contribution in [3.63, 3.8) is 0 Å². The Kier molecular flexibility index (Phi) is 3.26. The summed E-state index contributed by atoms with van der Waals surface area (Å²) in [5.41, 5.74) is 3.72. The van der Waals surface area contributed by atoms with E-state index in [0.29, 0.717) is 6.20 Å². The van der Waals surface area contributed by atoms with Crippen molar-refractivity contribution in [1.29, 1.82) is 0 Å². The highest BCUT2D eigenvalue weighted by molar-refractivity contribution is 5.26. The van der Waals surface area contributed by atoms with Gasteiger partial charge in [0.1, 0.15) is 12.2 Å². The van der Waals surface area contributed by atoms with Gasteiger partial charge >= 0.3 is 11.7 Å². The van der Waals surface area contributed by atoms with E-state index in [0.717, 1.165) is 0 Å². The van der Waals surface area contributed by atoms with Gasteiger partial charge in [-0.2, -0.15) is 9.37 Å². The first-order valence-corrected chi connectivity index (χ1v) is 5.20. The zero-order valence-electron chi connectivity index (χ0n) is 9.40. The van der Waals surface area contributed by atoms with E-state index in [4.69, 9.17) is 10.8 Å². The molecule has 1 aromatic rings. The van der Waals surface area contributed by atoms with Crippen molar-refractivity contribution in [1.82, 2.24) is 9.55 Å². The fourth-order valence-electron chi connectivity index (χ4n) is 1.77. The van der Waals surface area contributed by atoms with Crippen molar-refractivity contribution in [2.75, 3.05) is 12.3 Å². The van der Waals surface area contributed by atoms with E-state index in [1.807, 2.05) is 0 Å². The minimum atomic E-state index is -3.24. The molecule has 0 aromatic carbocycles. The van der Waals surface area contributed by atoms with Crippen molar-refractivity contribution < 1.29 is 28.8 Å². The molecule has 1 fully saturated rings. The lowest BCUT2D eigenvalue weighted by Crippen LogP contribution is -2.47. The van der Waals surface area contributed by atoms with E-state index in [1.54, 1.807) is 0 Å². The highest BCUT2D eigenvalue weighted by Gasteiger charge is 2.57. The quantitative estimate of drug-likeness (QED) is 0.477. The number of hydrogen-bond donors (Lipinski definition) is 4. The first-order valence-electron chi connectivity index (χ1n) is 5.20. The second kappa shape index (κ2) is 4.49. The molecular formula is C9H11F2N3O5. The van der Waals surface area contributed by atoms with Crippen LogP contribution in [-0.4, -0.2) is 49.8 Å². The summed E-state index contributed by atoms with van der Waals surface area (Å²) < 4.78 is 32.3. The van der Waals surface area contributed by atoms with Gasteiger partial charge < -0.3 is 25.8 Å². The number of aliphatic hydroxyl groups is 3. The van der Waals surface area contributed by atoms with Gasteiger partial charge in [0, 0.05) is 0 Å². The Balaban J connectivity index is 2.52. The predicted octanol–water partition coefficient (Wildman–Crippen LogP) is -2.34. The Morgan fingerprint density at radius 2 is 2.21 bits per heavy atom. The summed E-state index contributed by atoms with van der Waals surface area (Å²) in [5, 5.41) is 27.8. The maximum absolute atomic E-state index is 14.5. The third-order valence-electron chi connectivity index (χ3n) is 2.80. The Morgan fingerprint density at radius 3 is 2.74 bits per heavy atom. The number of aliphatic hydroxyl groups excluding tert-OH is 3. The molecule has 1 aromatic heterocycles. The van der Waals surface area contributed by atoms with Crippen molar-refractivity contribution in [3.8, 4) is 0 Å². The van der Waals surface area contributed by atoms with Crippen LogP contribution >= 0.6 is 0 Å². The van der Waals surface area contributed by atoms with E-state index in [9.17, 15) is 23.8 Å². The Labute approximate surface area is 104 Å². The fourth-order valence-corrected chi connectivity index (χ4v) is 1.77. The lowest BCUT2D eigenvalue weighted by molar-refractivity contribution is -0.240. The molecule has 2 rings (SSSR count). The van der Waals surface area contributed by atoms with Crippen molar-refractivity contribution in [2.24, 2.45) is 0 Å². The van der Waals surface area contributed by atoms with Crippen molar-refractivity contribution in [2.45, 2.75) is 24.3 Å². The zero-order chi connectivity index (χ0) is 14.4. The van der Waals surface area contributed by atoms with Crippen LogP contribution < -0.4 is 11.4 Å². The standard InChI is InChI=1S/C9H11F2N3O5/c10-3-1-14(8(18)13-7(3)12)9(11)6(17)5(16)4(2-15)19-9/h1,4-6,15-17H,2H2,(H2,12,13,18)/t4-,5-,6-,9+/m1/s1. The van der Waals surface area contributed by atoms with E-state index >= 15 is 0 Å². The number of aromatic nitrogens is 2. The number of halogens is 2. The van der Waals surface area contributed by atoms with Crippen molar-refractivity contribution in [3.05, 3.63) is 22.5 Å². The van der Waals surface area contributed by atoms with Crippen LogP contribution in [0.2, 0.25) is 0 Å². The van der Waals surface area contributed by atoms with Crippen LogP contribution in [0, 0.1) is 5.82 Å². The molecule has 0 aliphatic carbocycles. The second-order valence-electron chi connectivity index (χ2n) is 4.01. The van der Waals surface area contributed by atoms with E-state index in [2.05, 4.69) is 9.72 Å². The van der Waals surface area contributed by atoms with E-state index in [1.165, 1.54) is 0 Å². The number of nitrogen functional groups attached to an aromatic ring is 1. The van der Waals surface area contributed by atoms with Gasteiger partial charge in [-0.1, -0.05) is 0 Å². The summed E-state index contributed by atoms with van der Waals surface area (Å²) in [6.45, 7) is -0.802. The van der Waals surface area contributed by atoms with Gasteiger partial charge in [0.25, 0.3) is 0 Å². The first-order chi connectivity index (χ1) is 8.81. The molecular weight excluding hydrogens is 268 g/mol. The summed E-state index contributed by atoms with van der Waals surface area (Å²) >= 11 is 0. The van der Waals surface area contributed by atoms with Gasteiger partial charge in [0.05, 0.1) is 12.8 Å². The third kappa shape index (κ3) is 1.98. The van der Waals surface area contributed by atoms with E-state index in [-0.39, 0.29) is 4.57 Å². The average molecular weight is 279 g/mol. The molecule has 8 nitrogen and oxygen atoms in total. The monoisotopic (exact) mass is 279 g/mol. The molecule has 106 valence electrons. The molecule has 0 amide bonds. The van der Waals surface area contributed by atoms with E-state index < -0.39 is 48.2 Å². The molecule has 5 N–H and O–H groups in total. The zero-order valence-corrected chi connectivity index (χ0v) is 9.40. The smallest absolute Gasteiger partial charge is 0.354 e. The van der Waals surface area contributed by atoms with Crippen molar-refractivity contribution >= 4 is 5.82 Å². The van der Waals surface area contributed by atoms with Gasteiger partial charge in [-0.15, -0.1) is 0 Å². The molecule has 19 heavy (non-hydrogen) atoms. The molecule has 10 heteroatoms. The van der Waals surface area contributed by atoms with Gasteiger partial charge in [-0.3, -0.25) is 0 Å². The number of ether oxygens (including phenoxy) is 1. The molecule has 4 atom stereocenters. The third-order valence-corrected chi connectivity index (χ3v) is 2.80. The molecule has 0 spiro atoms. The minimum Gasteiger partial charge on any atom is -0.394 e. The topological polar surface area (TPSA) is 131 Å². The molecule has 1 aliphatic heterocycles. The van der Waals surface area contributed by atoms with Gasteiger partial charge in [0.2, 0.25) is 0 Å². The molecule has 0 unspecified atom stereocenters. The molecule has 0 radical (unpaired) electrons. The molecule has 1 saturated heterocycles. The number of rotatable bonds is 2. The summed E-state index contributed by atoms with van der Waals surface area (Å²) in [7, 11) is 0. The first kappa shape index (κ1) is 13.8. The lowest BCUT2D eigenvalue weighted by atomic mass is 10.1. The van der Waals surface area contributed by atoms with Gasteiger partial charge in [0.15, 0.2) is 17.7 Å². The van der Waals surface area contributed by atoms with Crippen LogP contribution in [-0.2, 0) is 10.7 Å². The highest BCUT2D eigenvalue weighted by atomic mass is 19.2. The summed E-state index contributed by atoms with van der Waals surface area (Å²) in [6.07, 6.45) is -5.09. The molecule has 0 bridgehead atoms. The number of nitrogens with two attached hydrogens (primary N) is 1. The van der Waals surface area contributed by atoms with Crippen LogP contribution in [0.5, 0.6) is 0 Å². The van der Waals surface area contributed by atoms with Crippen LogP contribution in [0.4, 0.5) is 14.6 Å². The number of hydrogen-bond acceptors (Lipinski definition) is 7. The number of alkyl halides is 1. The van der Waals surface area contributed by atoms with Crippen LogP contribution in [0.25, 0.3) is 0 Å². The second-order valence-corrected chi connectivity index (χ2v) is 4.01. The Morgan fingerprint density at radius 1 is 1.58 bits per heavy atom. The number of nitrogens with zero attached hydrogens (tertiary/aromatic N) is 2. The lowest BCUT2D eigenvalue weighted by Gasteiger charge is -2.24. The Hall–Kier alpha value is -1.62. The van der Waals surface area contributed by atoms with Crippen LogP contribution in [0.3, 0.4) is 0 Å². The average Bonchev–Trinajstić information content (AvgIpc) is 2.59. The summed E-state index contributed by atoms with van der Waals surface area (Å²) in [4.78, 5) is 14.5. The molecule has 0 saturated carbocycles. The van der Waals surface area contributed by atoms with Gasteiger partial charge in [-0.05, 0) is 0 Å². The fraction of sp³-hybridized carbons (Fsp3) is 0.556. The maximum Gasteiger partial charge on any atom is 0.354 e. The predicted molar refractivity (Wildman–Crippen MR) is 55.9 cm³/mol. The van der Waals surface area contributed by atoms with Crippen LogP contribution in [0.15, 0.2) is 11.0 Å². The van der Waals surface area contributed by atoms with Gasteiger partial charge in [-0.25, -0.2) is 13.8 Å².